The number of methoxy groups -OCH3 is 1. The lowest BCUT2D eigenvalue weighted by atomic mass is 10.2. The Kier molecular flexibility index (Phi) is 7.69. The van der Waals surface area contributed by atoms with Crippen molar-refractivity contribution >= 4 is 46.3 Å². The zero-order valence-corrected chi connectivity index (χ0v) is 16.2. The number of hydrogen-bond acceptors (Lipinski definition) is 4. The molecule has 0 aliphatic rings. The van der Waals surface area contributed by atoms with Crippen molar-refractivity contribution in [2.45, 2.75) is 19.8 Å². The molecule has 26 heavy (non-hydrogen) atoms. The van der Waals surface area contributed by atoms with Gasteiger partial charge >= 0.3 is 5.97 Å². The summed E-state index contributed by atoms with van der Waals surface area (Å²) in [6, 6.07) is 12.2. The van der Waals surface area contributed by atoms with E-state index in [0.29, 0.717) is 28.1 Å². The van der Waals surface area contributed by atoms with Crippen LogP contribution < -0.4 is 15.4 Å². The van der Waals surface area contributed by atoms with Crippen LogP contribution in [-0.4, -0.2) is 24.8 Å². The predicted molar refractivity (Wildman–Crippen MR) is 109 cm³/mol. The molecule has 0 aromatic heterocycles. The maximum atomic E-state index is 11.9. The molecule has 0 heterocycles. The van der Waals surface area contributed by atoms with E-state index in [9.17, 15) is 4.79 Å². The molecule has 0 saturated carbocycles. The average Bonchev–Trinajstić information content (AvgIpc) is 2.62. The smallest absolute Gasteiger partial charge is 0.338 e. The molecule has 2 aromatic carbocycles. The molecule has 0 aliphatic heterocycles. The summed E-state index contributed by atoms with van der Waals surface area (Å²) in [5, 5.41) is 6.99. The minimum absolute atomic E-state index is 0.321. The second kappa shape index (κ2) is 9.99. The second-order valence-electron chi connectivity index (χ2n) is 5.50. The van der Waals surface area contributed by atoms with Crippen LogP contribution in [0.5, 0.6) is 5.75 Å². The van der Waals surface area contributed by atoms with Gasteiger partial charge in [-0.1, -0.05) is 24.9 Å². The fourth-order valence-electron chi connectivity index (χ4n) is 2.12. The third-order valence-corrected chi connectivity index (χ3v) is 4.02. The van der Waals surface area contributed by atoms with Gasteiger partial charge in [0.05, 0.1) is 24.3 Å². The fourth-order valence-corrected chi connectivity index (χ4v) is 2.61. The molecule has 2 N–H and O–H groups in total. The second-order valence-corrected chi connectivity index (χ2v) is 6.31. The van der Waals surface area contributed by atoms with Crippen LogP contribution in [0.4, 0.5) is 11.4 Å². The Morgan fingerprint density at radius 3 is 2.38 bits per heavy atom. The largest absolute Gasteiger partial charge is 0.495 e. The Balaban J connectivity index is 1.90. The molecule has 0 bridgehead atoms. The van der Waals surface area contributed by atoms with Gasteiger partial charge in [0.2, 0.25) is 0 Å². The number of thiocarbonyl (C=S) groups is 1. The van der Waals surface area contributed by atoms with E-state index in [-0.39, 0.29) is 5.97 Å². The SMILES string of the molecule is CCCCOC(=O)c1ccc(NC(=S)Nc2ccc(OC)c(Cl)c2)cc1. The van der Waals surface area contributed by atoms with Crippen molar-refractivity contribution in [3.8, 4) is 5.75 Å². The van der Waals surface area contributed by atoms with Crippen LogP contribution >= 0.6 is 23.8 Å². The van der Waals surface area contributed by atoms with E-state index in [2.05, 4.69) is 10.6 Å². The van der Waals surface area contributed by atoms with Crippen molar-refractivity contribution in [3.05, 3.63) is 53.1 Å². The summed E-state index contributed by atoms with van der Waals surface area (Å²) in [7, 11) is 1.56. The van der Waals surface area contributed by atoms with Crippen LogP contribution in [-0.2, 0) is 4.74 Å². The van der Waals surface area contributed by atoms with Crippen molar-refractivity contribution in [1.29, 1.82) is 0 Å². The topological polar surface area (TPSA) is 59.6 Å². The number of benzene rings is 2. The van der Waals surface area contributed by atoms with Crippen LogP contribution in [0.25, 0.3) is 0 Å². The van der Waals surface area contributed by atoms with Crippen molar-refractivity contribution < 1.29 is 14.3 Å². The van der Waals surface area contributed by atoms with Gasteiger partial charge in [-0.25, -0.2) is 4.79 Å². The molecule has 0 radical (unpaired) electrons. The molecule has 2 aromatic rings. The van der Waals surface area contributed by atoms with Crippen molar-refractivity contribution in [1.82, 2.24) is 0 Å². The zero-order chi connectivity index (χ0) is 18.9. The highest BCUT2D eigenvalue weighted by Crippen LogP contribution is 2.27. The lowest BCUT2D eigenvalue weighted by Crippen LogP contribution is -2.19. The summed E-state index contributed by atoms with van der Waals surface area (Å²) in [5.74, 6) is 0.274. The quantitative estimate of drug-likeness (QED) is 0.387. The number of ether oxygens (including phenoxy) is 2. The molecule has 0 atom stereocenters. The van der Waals surface area contributed by atoms with Gasteiger partial charge in [0.25, 0.3) is 0 Å². The monoisotopic (exact) mass is 392 g/mol. The van der Waals surface area contributed by atoms with E-state index >= 15 is 0 Å². The molecule has 0 fully saturated rings. The Morgan fingerprint density at radius 1 is 1.12 bits per heavy atom. The van der Waals surface area contributed by atoms with Crippen molar-refractivity contribution in [3.63, 3.8) is 0 Å². The number of nitrogens with one attached hydrogen (secondary N) is 2. The van der Waals surface area contributed by atoms with E-state index in [1.165, 1.54) is 0 Å². The van der Waals surface area contributed by atoms with Gasteiger partial charge in [-0.3, -0.25) is 0 Å². The molecule has 5 nitrogen and oxygen atoms in total. The summed E-state index contributed by atoms with van der Waals surface area (Å²) in [6.07, 6.45) is 1.85. The first-order valence-electron chi connectivity index (χ1n) is 8.22. The molecular formula is C19H21ClN2O3S. The molecule has 0 saturated heterocycles. The molecule has 0 unspecified atom stereocenters. The number of rotatable bonds is 7. The number of carbonyl (C=O) groups excluding carboxylic acids is 1. The standard InChI is InChI=1S/C19H21ClN2O3S/c1-3-4-11-25-18(23)13-5-7-14(8-6-13)21-19(26)22-15-9-10-17(24-2)16(20)12-15/h5-10,12H,3-4,11H2,1-2H3,(H2,21,22,26). The summed E-state index contributed by atoms with van der Waals surface area (Å²) < 4.78 is 10.3. The number of unbranched alkanes of at least 4 members (excludes halogenated alkanes) is 1. The Morgan fingerprint density at radius 2 is 1.77 bits per heavy atom. The zero-order valence-electron chi connectivity index (χ0n) is 14.7. The Labute approximate surface area is 163 Å². The van der Waals surface area contributed by atoms with Gasteiger partial charge in [0.1, 0.15) is 5.75 Å². The predicted octanol–water partition coefficient (Wildman–Crippen LogP) is 5.11. The third-order valence-electron chi connectivity index (χ3n) is 3.52. The third kappa shape index (κ3) is 5.89. The summed E-state index contributed by atoms with van der Waals surface area (Å²) in [6.45, 7) is 2.48. The summed E-state index contributed by atoms with van der Waals surface area (Å²) >= 11 is 11.4. The molecule has 0 amide bonds. The van der Waals surface area contributed by atoms with E-state index < -0.39 is 0 Å². The molecule has 2 rings (SSSR count). The van der Waals surface area contributed by atoms with Gasteiger partial charge in [0, 0.05) is 11.4 Å². The number of anilines is 2. The van der Waals surface area contributed by atoms with Crippen LogP contribution in [0.2, 0.25) is 5.02 Å². The lowest BCUT2D eigenvalue weighted by Gasteiger charge is -2.12. The number of hydrogen-bond donors (Lipinski definition) is 2. The Hall–Kier alpha value is -2.31. The van der Waals surface area contributed by atoms with E-state index in [1.54, 1.807) is 43.5 Å². The van der Waals surface area contributed by atoms with Crippen LogP contribution in [0.15, 0.2) is 42.5 Å². The van der Waals surface area contributed by atoms with E-state index in [4.69, 9.17) is 33.3 Å². The van der Waals surface area contributed by atoms with Crippen molar-refractivity contribution in [2.24, 2.45) is 0 Å². The summed E-state index contributed by atoms with van der Waals surface area (Å²) in [4.78, 5) is 11.9. The minimum Gasteiger partial charge on any atom is -0.495 e. The molecule has 0 spiro atoms. The van der Waals surface area contributed by atoms with E-state index in [0.717, 1.165) is 24.2 Å². The highest BCUT2D eigenvalue weighted by atomic mass is 35.5. The van der Waals surface area contributed by atoms with Crippen LogP contribution in [0.3, 0.4) is 0 Å². The van der Waals surface area contributed by atoms with Crippen molar-refractivity contribution in [2.75, 3.05) is 24.4 Å². The first kappa shape index (κ1) is 20.0. The highest BCUT2D eigenvalue weighted by Gasteiger charge is 2.07. The fraction of sp³-hybridized carbons (Fsp3) is 0.263. The maximum absolute atomic E-state index is 11.9. The summed E-state index contributed by atoms with van der Waals surface area (Å²) in [5.41, 5.74) is 2.00. The molecule has 0 aliphatic carbocycles. The van der Waals surface area contributed by atoms with Crippen LogP contribution in [0, 0.1) is 0 Å². The number of esters is 1. The average molecular weight is 393 g/mol. The van der Waals surface area contributed by atoms with Crippen LogP contribution in [0.1, 0.15) is 30.1 Å². The first-order valence-corrected chi connectivity index (χ1v) is 9.01. The van der Waals surface area contributed by atoms with Gasteiger partial charge < -0.3 is 20.1 Å². The number of carbonyl (C=O) groups is 1. The van der Waals surface area contributed by atoms with Gasteiger partial charge in [-0.2, -0.15) is 0 Å². The minimum atomic E-state index is -0.321. The first-order chi connectivity index (χ1) is 12.5. The Bertz CT molecular complexity index is 766. The normalized spacial score (nSPS) is 10.1. The van der Waals surface area contributed by atoms with Gasteiger partial charge in [-0.05, 0) is 61.1 Å². The highest BCUT2D eigenvalue weighted by molar-refractivity contribution is 7.80. The molecular weight excluding hydrogens is 372 g/mol. The molecule has 138 valence electrons. The van der Waals surface area contributed by atoms with Gasteiger partial charge in [-0.15, -0.1) is 0 Å². The lowest BCUT2D eigenvalue weighted by molar-refractivity contribution is 0.0500. The van der Waals surface area contributed by atoms with E-state index in [1.807, 2.05) is 13.0 Å². The molecule has 7 heteroatoms. The number of halogens is 1. The van der Waals surface area contributed by atoms with Gasteiger partial charge in [0.15, 0.2) is 5.11 Å². The maximum Gasteiger partial charge on any atom is 0.338 e.